The maximum Gasteiger partial charge on any atom is -0.0235 e. The first-order chi connectivity index (χ1) is 5.16. The van der Waals surface area contributed by atoms with Crippen molar-refractivity contribution in [1.29, 1.82) is 0 Å². The highest BCUT2D eigenvalue weighted by Gasteiger charge is 2.10. The molecule has 0 amide bonds. The van der Waals surface area contributed by atoms with Crippen LogP contribution in [0.3, 0.4) is 0 Å². The molecule has 0 heteroatoms. The number of hydrogen-bond acceptors (Lipinski definition) is 0. The molecule has 0 saturated heterocycles. The van der Waals surface area contributed by atoms with Crippen molar-refractivity contribution in [1.82, 2.24) is 0 Å². The smallest absolute Gasteiger partial charge is 0.0235 e. The van der Waals surface area contributed by atoms with Gasteiger partial charge < -0.3 is 0 Å². The van der Waals surface area contributed by atoms with E-state index in [2.05, 4.69) is 39.8 Å². The SMILES string of the molecule is CCC=C1C(C)=CC(C)=C1C. The van der Waals surface area contributed by atoms with E-state index in [-0.39, 0.29) is 0 Å². The molecule has 0 atom stereocenters. The fourth-order valence-electron chi connectivity index (χ4n) is 1.54. The summed E-state index contributed by atoms with van der Waals surface area (Å²) in [4.78, 5) is 0. The Morgan fingerprint density at radius 1 is 1.27 bits per heavy atom. The first-order valence-electron chi connectivity index (χ1n) is 4.23. The molecular formula is C11H16. The average molecular weight is 148 g/mol. The minimum atomic E-state index is 1.13. The topological polar surface area (TPSA) is 0 Å². The number of hydrogen-bond donors (Lipinski definition) is 0. The summed E-state index contributed by atoms with van der Waals surface area (Å²) in [6.45, 7) is 8.74. The Labute approximate surface area is 69.3 Å². The third-order valence-electron chi connectivity index (χ3n) is 2.26. The van der Waals surface area contributed by atoms with E-state index < -0.39 is 0 Å². The van der Waals surface area contributed by atoms with Gasteiger partial charge in [0.15, 0.2) is 0 Å². The van der Waals surface area contributed by atoms with E-state index in [0.717, 1.165) is 6.42 Å². The molecular weight excluding hydrogens is 132 g/mol. The van der Waals surface area contributed by atoms with Crippen molar-refractivity contribution >= 4 is 0 Å². The molecule has 1 aliphatic rings. The van der Waals surface area contributed by atoms with E-state index in [0.29, 0.717) is 0 Å². The van der Waals surface area contributed by atoms with Gasteiger partial charge >= 0.3 is 0 Å². The lowest BCUT2D eigenvalue weighted by Gasteiger charge is -2.01. The zero-order valence-corrected chi connectivity index (χ0v) is 7.86. The standard InChI is InChI=1S/C11H16/c1-5-6-11-9(3)7-8(2)10(11)4/h6-7H,5H2,1-4H3. The summed E-state index contributed by atoms with van der Waals surface area (Å²) < 4.78 is 0. The molecule has 0 radical (unpaired) electrons. The Morgan fingerprint density at radius 3 is 2.27 bits per heavy atom. The Hall–Kier alpha value is -0.780. The Balaban J connectivity index is 3.01. The van der Waals surface area contributed by atoms with Crippen molar-refractivity contribution in [2.45, 2.75) is 34.1 Å². The predicted octanol–water partition coefficient (Wildman–Crippen LogP) is 3.62. The van der Waals surface area contributed by atoms with Crippen LogP contribution < -0.4 is 0 Å². The summed E-state index contributed by atoms with van der Waals surface area (Å²) in [6.07, 6.45) is 5.69. The molecule has 0 bridgehead atoms. The van der Waals surface area contributed by atoms with Gasteiger partial charge in [0.05, 0.1) is 0 Å². The monoisotopic (exact) mass is 148 g/mol. The maximum atomic E-state index is 2.30. The molecule has 60 valence electrons. The van der Waals surface area contributed by atoms with Gasteiger partial charge in [-0.05, 0) is 49.5 Å². The lowest BCUT2D eigenvalue weighted by atomic mass is 10.0. The summed E-state index contributed by atoms with van der Waals surface area (Å²) in [5.74, 6) is 0. The minimum absolute atomic E-state index is 1.13. The maximum absolute atomic E-state index is 2.30. The van der Waals surface area contributed by atoms with Crippen LogP contribution in [0.2, 0.25) is 0 Å². The first-order valence-corrected chi connectivity index (χ1v) is 4.23. The summed E-state index contributed by atoms with van der Waals surface area (Å²) in [6, 6.07) is 0. The third-order valence-corrected chi connectivity index (χ3v) is 2.26. The third kappa shape index (κ3) is 1.45. The lowest BCUT2D eigenvalue weighted by Crippen LogP contribution is -1.82. The summed E-state index contributed by atoms with van der Waals surface area (Å²) >= 11 is 0. The molecule has 0 aromatic rings. The Kier molecular flexibility index (Phi) is 2.33. The molecule has 0 nitrogen and oxygen atoms in total. The normalized spacial score (nSPS) is 21.5. The van der Waals surface area contributed by atoms with Crippen molar-refractivity contribution < 1.29 is 0 Å². The molecule has 0 N–H and O–H groups in total. The predicted molar refractivity (Wildman–Crippen MR) is 50.5 cm³/mol. The van der Waals surface area contributed by atoms with E-state index >= 15 is 0 Å². The van der Waals surface area contributed by atoms with Crippen LogP contribution in [0, 0.1) is 0 Å². The van der Waals surface area contributed by atoms with Crippen LogP contribution in [0.4, 0.5) is 0 Å². The van der Waals surface area contributed by atoms with Gasteiger partial charge in [0.1, 0.15) is 0 Å². The number of allylic oxidation sites excluding steroid dienone is 6. The fraction of sp³-hybridized carbons (Fsp3) is 0.455. The van der Waals surface area contributed by atoms with E-state index in [1.54, 1.807) is 0 Å². The van der Waals surface area contributed by atoms with E-state index in [4.69, 9.17) is 0 Å². The second-order valence-electron chi connectivity index (χ2n) is 3.16. The van der Waals surface area contributed by atoms with E-state index in [1.165, 1.54) is 22.3 Å². The molecule has 0 fully saturated rings. The van der Waals surface area contributed by atoms with Crippen LogP contribution in [0.15, 0.2) is 34.4 Å². The highest BCUT2D eigenvalue weighted by molar-refractivity contribution is 5.56. The van der Waals surface area contributed by atoms with Crippen molar-refractivity contribution in [2.75, 3.05) is 0 Å². The largest absolute Gasteiger partial charge is 0.0770 e. The molecule has 11 heavy (non-hydrogen) atoms. The van der Waals surface area contributed by atoms with Gasteiger partial charge in [-0.15, -0.1) is 0 Å². The van der Waals surface area contributed by atoms with Crippen LogP contribution in [-0.4, -0.2) is 0 Å². The van der Waals surface area contributed by atoms with Crippen LogP contribution in [-0.2, 0) is 0 Å². The number of rotatable bonds is 1. The van der Waals surface area contributed by atoms with Gasteiger partial charge in [-0.1, -0.05) is 19.1 Å². The van der Waals surface area contributed by atoms with Gasteiger partial charge in [0.2, 0.25) is 0 Å². The van der Waals surface area contributed by atoms with Gasteiger partial charge in [-0.3, -0.25) is 0 Å². The van der Waals surface area contributed by atoms with Crippen molar-refractivity contribution in [3.63, 3.8) is 0 Å². The van der Waals surface area contributed by atoms with E-state index in [1.807, 2.05) is 0 Å². The molecule has 0 unspecified atom stereocenters. The first kappa shape index (κ1) is 8.32. The zero-order chi connectivity index (χ0) is 8.43. The second kappa shape index (κ2) is 3.08. The average Bonchev–Trinajstić information content (AvgIpc) is 2.17. The molecule has 0 heterocycles. The highest BCUT2D eigenvalue weighted by atomic mass is 14.2. The Morgan fingerprint density at radius 2 is 1.91 bits per heavy atom. The molecule has 1 aliphatic carbocycles. The quantitative estimate of drug-likeness (QED) is 0.532. The van der Waals surface area contributed by atoms with Crippen molar-refractivity contribution in [3.8, 4) is 0 Å². The van der Waals surface area contributed by atoms with Crippen LogP contribution in [0.25, 0.3) is 0 Å². The summed E-state index contributed by atoms with van der Waals surface area (Å²) in [5.41, 5.74) is 5.73. The van der Waals surface area contributed by atoms with Gasteiger partial charge in [0.25, 0.3) is 0 Å². The van der Waals surface area contributed by atoms with Crippen LogP contribution in [0.1, 0.15) is 34.1 Å². The van der Waals surface area contributed by atoms with Crippen LogP contribution in [0.5, 0.6) is 0 Å². The summed E-state index contributed by atoms with van der Waals surface area (Å²) in [5, 5.41) is 0. The van der Waals surface area contributed by atoms with Crippen molar-refractivity contribution in [2.24, 2.45) is 0 Å². The highest BCUT2D eigenvalue weighted by Crippen LogP contribution is 2.30. The lowest BCUT2D eigenvalue weighted by molar-refractivity contribution is 1.18. The molecule has 0 aliphatic heterocycles. The molecule has 1 rings (SSSR count). The molecule has 0 spiro atoms. The van der Waals surface area contributed by atoms with Crippen molar-refractivity contribution in [3.05, 3.63) is 34.4 Å². The minimum Gasteiger partial charge on any atom is -0.0770 e. The Bertz CT molecular complexity index is 249. The second-order valence-corrected chi connectivity index (χ2v) is 3.16. The van der Waals surface area contributed by atoms with Gasteiger partial charge in [-0.25, -0.2) is 0 Å². The van der Waals surface area contributed by atoms with E-state index in [9.17, 15) is 0 Å². The van der Waals surface area contributed by atoms with Gasteiger partial charge in [0, 0.05) is 0 Å². The molecule has 0 aromatic carbocycles. The van der Waals surface area contributed by atoms with Crippen LogP contribution >= 0.6 is 0 Å². The fourth-order valence-corrected chi connectivity index (χ4v) is 1.54. The van der Waals surface area contributed by atoms with Gasteiger partial charge in [-0.2, -0.15) is 0 Å². The molecule has 0 aromatic heterocycles. The molecule has 0 saturated carbocycles. The summed E-state index contributed by atoms with van der Waals surface area (Å²) in [7, 11) is 0. The zero-order valence-electron chi connectivity index (χ0n) is 7.86.